The number of fused-ring (bicyclic) bond motifs is 5. The quantitative estimate of drug-likeness (QED) is 0.331. The summed E-state index contributed by atoms with van der Waals surface area (Å²) in [6.45, 7) is 2.84. The zero-order valence-electron chi connectivity index (χ0n) is 17.2. The number of carbonyl (C=O) groups excluding carboxylic acids is 4. The van der Waals surface area contributed by atoms with Gasteiger partial charge < -0.3 is 10.1 Å². The minimum absolute atomic E-state index is 0.0781. The second-order valence-electron chi connectivity index (χ2n) is 8.53. The van der Waals surface area contributed by atoms with Crippen LogP contribution in [0.5, 0.6) is 0 Å². The summed E-state index contributed by atoms with van der Waals surface area (Å²) < 4.78 is 5.13. The molecule has 0 spiro atoms. The van der Waals surface area contributed by atoms with Crippen molar-refractivity contribution in [3.05, 3.63) is 35.9 Å². The Balaban J connectivity index is 1.34. The highest BCUT2D eigenvalue weighted by atomic mass is 79.9. The maximum Gasteiger partial charge on any atom is 0.329 e. The second-order valence-corrected chi connectivity index (χ2v) is 10.6. The first kappa shape index (κ1) is 22.5. The van der Waals surface area contributed by atoms with Gasteiger partial charge in [0.15, 0.2) is 6.61 Å². The minimum atomic E-state index is -1.06. The van der Waals surface area contributed by atoms with E-state index < -0.39 is 24.5 Å². The fourth-order valence-corrected chi connectivity index (χ4v) is 7.10. The van der Waals surface area contributed by atoms with Gasteiger partial charge in [0.25, 0.3) is 5.91 Å². The van der Waals surface area contributed by atoms with Gasteiger partial charge in [-0.05, 0) is 37.7 Å². The molecule has 0 aromatic heterocycles. The molecule has 3 amide bonds. The van der Waals surface area contributed by atoms with E-state index in [0.29, 0.717) is 0 Å². The maximum absolute atomic E-state index is 13.0. The molecule has 2 bridgehead atoms. The Morgan fingerprint density at radius 1 is 1.06 bits per heavy atom. The van der Waals surface area contributed by atoms with Gasteiger partial charge in [0.2, 0.25) is 11.8 Å². The van der Waals surface area contributed by atoms with Crippen LogP contribution in [0.2, 0.25) is 0 Å². The van der Waals surface area contributed by atoms with E-state index in [1.165, 1.54) is 6.92 Å². The van der Waals surface area contributed by atoms with E-state index in [4.69, 9.17) is 4.74 Å². The summed E-state index contributed by atoms with van der Waals surface area (Å²) in [6.07, 6.45) is 0.824. The standard InChI is InChI=1S/C22H24Br2N2O5/c1-10(12-6-4-3-5-7-12)25-15(27)9-31-22(30)11(2)26-20(28)16-13-8-14(17(16)21(26)29)19(24)18(13)23/h3-7,10-11,13-14,16-19H,8-9H2,1-2H3,(H,25,27)/t10-,11-,13+,14+,16+,17+,18-,19+/m0/s1. The molecule has 166 valence electrons. The van der Waals surface area contributed by atoms with Crippen LogP contribution in [0, 0.1) is 23.7 Å². The molecular formula is C22H24Br2N2O5. The van der Waals surface area contributed by atoms with Crippen LogP contribution in [-0.2, 0) is 23.9 Å². The normalized spacial score (nSPS) is 33.2. The van der Waals surface area contributed by atoms with Gasteiger partial charge in [-0.15, -0.1) is 0 Å². The average molecular weight is 556 g/mol. The molecule has 1 aromatic carbocycles. The van der Waals surface area contributed by atoms with Crippen LogP contribution in [0.4, 0.5) is 0 Å². The van der Waals surface area contributed by atoms with E-state index >= 15 is 0 Å². The van der Waals surface area contributed by atoms with Crippen molar-refractivity contribution in [1.82, 2.24) is 10.2 Å². The Bertz CT molecular complexity index is 878. The van der Waals surface area contributed by atoms with E-state index in [1.54, 1.807) is 0 Å². The van der Waals surface area contributed by atoms with Crippen molar-refractivity contribution in [3.8, 4) is 0 Å². The van der Waals surface area contributed by atoms with Crippen LogP contribution >= 0.6 is 31.9 Å². The van der Waals surface area contributed by atoms with Crippen molar-refractivity contribution in [1.29, 1.82) is 0 Å². The molecule has 1 heterocycles. The zero-order valence-corrected chi connectivity index (χ0v) is 20.3. The third-order valence-electron chi connectivity index (χ3n) is 6.77. The highest BCUT2D eigenvalue weighted by Gasteiger charge is 2.67. The summed E-state index contributed by atoms with van der Waals surface area (Å²) in [5.41, 5.74) is 0.931. The van der Waals surface area contributed by atoms with E-state index in [2.05, 4.69) is 37.2 Å². The molecule has 3 fully saturated rings. The number of imide groups is 1. The van der Waals surface area contributed by atoms with Crippen LogP contribution in [-0.4, -0.2) is 50.9 Å². The van der Waals surface area contributed by atoms with E-state index in [-0.39, 0.29) is 51.2 Å². The first-order valence-electron chi connectivity index (χ1n) is 10.4. The number of nitrogens with one attached hydrogen (secondary N) is 1. The van der Waals surface area contributed by atoms with E-state index in [1.807, 2.05) is 37.3 Å². The number of hydrogen-bond donors (Lipinski definition) is 1. The van der Waals surface area contributed by atoms with Crippen molar-refractivity contribution in [2.24, 2.45) is 23.7 Å². The van der Waals surface area contributed by atoms with Gasteiger partial charge in [-0.2, -0.15) is 0 Å². The largest absolute Gasteiger partial charge is 0.454 e. The Morgan fingerprint density at radius 2 is 1.61 bits per heavy atom. The number of halogens is 2. The fraction of sp³-hybridized carbons (Fsp3) is 0.545. The number of nitrogens with zero attached hydrogens (tertiary/aromatic N) is 1. The highest BCUT2D eigenvalue weighted by Crippen LogP contribution is 2.60. The lowest BCUT2D eigenvalue weighted by Gasteiger charge is -2.28. The van der Waals surface area contributed by atoms with E-state index in [9.17, 15) is 19.2 Å². The van der Waals surface area contributed by atoms with Gasteiger partial charge in [0, 0.05) is 9.65 Å². The number of amides is 3. The Kier molecular flexibility index (Phi) is 6.27. The molecule has 4 rings (SSSR count). The molecule has 31 heavy (non-hydrogen) atoms. The number of carbonyl (C=O) groups is 4. The fourth-order valence-electron chi connectivity index (χ4n) is 5.22. The number of ether oxygens (including phenoxy) is 1. The molecule has 1 saturated heterocycles. The van der Waals surface area contributed by atoms with Crippen LogP contribution < -0.4 is 5.32 Å². The first-order chi connectivity index (χ1) is 14.7. The van der Waals surface area contributed by atoms with Crippen molar-refractivity contribution in [3.63, 3.8) is 0 Å². The third-order valence-corrected chi connectivity index (χ3v) is 9.98. The Hall–Kier alpha value is -1.74. The van der Waals surface area contributed by atoms with Crippen LogP contribution in [0.15, 0.2) is 30.3 Å². The van der Waals surface area contributed by atoms with Crippen molar-refractivity contribution >= 4 is 55.6 Å². The van der Waals surface area contributed by atoms with Gasteiger partial charge >= 0.3 is 5.97 Å². The molecule has 7 nitrogen and oxygen atoms in total. The van der Waals surface area contributed by atoms with Gasteiger partial charge in [0.1, 0.15) is 6.04 Å². The molecule has 0 unspecified atom stereocenters. The topological polar surface area (TPSA) is 92.8 Å². The number of benzene rings is 1. The highest BCUT2D eigenvalue weighted by molar-refractivity contribution is 9.12. The molecule has 9 heteroatoms. The van der Waals surface area contributed by atoms with Crippen molar-refractivity contribution < 1.29 is 23.9 Å². The average Bonchev–Trinajstić information content (AvgIpc) is 3.37. The third kappa shape index (κ3) is 3.84. The van der Waals surface area contributed by atoms with Crippen molar-refractivity contribution in [2.45, 2.75) is 42.0 Å². The zero-order chi connectivity index (χ0) is 22.4. The van der Waals surface area contributed by atoms with Crippen LogP contribution in [0.25, 0.3) is 0 Å². The predicted octanol–water partition coefficient (Wildman–Crippen LogP) is 2.57. The molecule has 2 saturated carbocycles. The summed E-state index contributed by atoms with van der Waals surface area (Å²) in [7, 11) is 0. The number of hydrogen-bond acceptors (Lipinski definition) is 5. The summed E-state index contributed by atoms with van der Waals surface area (Å²) in [4.78, 5) is 52.1. The van der Waals surface area contributed by atoms with Gasteiger partial charge in [-0.1, -0.05) is 62.2 Å². The lowest BCUT2D eigenvalue weighted by Crippen LogP contribution is -2.46. The molecule has 0 radical (unpaired) electrons. The lowest BCUT2D eigenvalue weighted by molar-refractivity contribution is -0.160. The SMILES string of the molecule is C[C@H](NC(=O)COC(=O)[C@H](C)N1C(=O)[C@@H]2[C@H]3C[C@@H]([C@@H](Br)[C@H]3Br)[C@H]2C1=O)c1ccccc1. The van der Waals surface area contributed by atoms with E-state index in [0.717, 1.165) is 16.9 Å². The predicted molar refractivity (Wildman–Crippen MR) is 119 cm³/mol. The molecule has 8 atom stereocenters. The van der Waals surface area contributed by atoms with Crippen molar-refractivity contribution in [2.75, 3.05) is 6.61 Å². The minimum Gasteiger partial charge on any atom is -0.454 e. The molecule has 1 aromatic rings. The number of likely N-dealkylation sites (tertiary alicyclic amines) is 1. The number of esters is 1. The van der Waals surface area contributed by atoms with Gasteiger partial charge in [-0.25, -0.2) is 4.79 Å². The van der Waals surface area contributed by atoms with Crippen LogP contribution in [0.3, 0.4) is 0 Å². The number of rotatable bonds is 6. The maximum atomic E-state index is 13.0. The van der Waals surface area contributed by atoms with Gasteiger partial charge in [-0.3, -0.25) is 19.3 Å². The molecule has 2 aliphatic carbocycles. The summed E-state index contributed by atoms with van der Waals surface area (Å²) in [6, 6.07) is 8.12. The lowest BCUT2D eigenvalue weighted by atomic mass is 9.81. The summed E-state index contributed by atoms with van der Waals surface area (Å²) >= 11 is 7.29. The second kappa shape index (κ2) is 8.65. The molecular weight excluding hydrogens is 532 g/mol. The summed E-state index contributed by atoms with van der Waals surface area (Å²) in [5, 5.41) is 2.77. The molecule has 3 aliphatic rings. The Labute approximate surface area is 197 Å². The molecule has 1 N–H and O–H groups in total. The molecule has 1 aliphatic heterocycles. The first-order valence-corrected chi connectivity index (χ1v) is 12.2. The van der Waals surface area contributed by atoms with Gasteiger partial charge in [0.05, 0.1) is 17.9 Å². The Morgan fingerprint density at radius 3 is 2.16 bits per heavy atom. The van der Waals surface area contributed by atoms with Crippen LogP contribution in [0.1, 0.15) is 31.9 Å². The summed E-state index contributed by atoms with van der Waals surface area (Å²) in [5.74, 6) is -2.45. The smallest absolute Gasteiger partial charge is 0.329 e. The monoisotopic (exact) mass is 554 g/mol. The number of alkyl halides is 2.